The smallest absolute Gasteiger partial charge is 0.257 e. The quantitative estimate of drug-likeness (QED) is 0.644. The van der Waals surface area contributed by atoms with Gasteiger partial charge in [-0.25, -0.2) is 0 Å². The maximum atomic E-state index is 11.1. The average Bonchev–Trinajstić information content (AvgIpc) is 2.81. The van der Waals surface area contributed by atoms with Crippen LogP contribution in [0.4, 0.5) is 0 Å². The molecular formula is C8H10N2O2. The molecule has 0 spiro atoms. The van der Waals surface area contributed by atoms with Gasteiger partial charge in [0.1, 0.15) is 5.82 Å². The Morgan fingerprint density at radius 2 is 2.25 bits per heavy atom. The first-order valence-electron chi connectivity index (χ1n) is 3.98. The molecule has 0 unspecified atom stereocenters. The molecule has 2 rings (SSSR count). The number of H-pyrrole nitrogens is 1. The predicted octanol–water partition coefficient (Wildman–Crippen LogP) is 0.661. The molecule has 12 heavy (non-hydrogen) atoms. The topological polar surface area (TPSA) is 66.0 Å². The molecule has 1 saturated carbocycles. The Balaban J connectivity index is 2.53. The lowest BCUT2D eigenvalue weighted by Crippen LogP contribution is -2.13. The van der Waals surface area contributed by atoms with Crippen molar-refractivity contribution in [2.45, 2.75) is 25.7 Å². The first kappa shape index (κ1) is 7.34. The molecule has 1 fully saturated rings. The molecule has 4 heteroatoms. The second kappa shape index (κ2) is 2.33. The second-order valence-electron chi connectivity index (χ2n) is 3.17. The van der Waals surface area contributed by atoms with Gasteiger partial charge in [0, 0.05) is 5.92 Å². The summed E-state index contributed by atoms with van der Waals surface area (Å²) < 4.78 is 0. The zero-order valence-corrected chi connectivity index (χ0v) is 6.79. The average molecular weight is 166 g/mol. The van der Waals surface area contributed by atoms with E-state index in [1.54, 1.807) is 6.92 Å². The van der Waals surface area contributed by atoms with Crippen LogP contribution in [0, 0.1) is 6.92 Å². The van der Waals surface area contributed by atoms with Gasteiger partial charge in [-0.15, -0.1) is 0 Å². The third-order valence-electron chi connectivity index (χ3n) is 2.11. The van der Waals surface area contributed by atoms with Crippen LogP contribution in [0.5, 0.6) is 5.88 Å². The Hall–Kier alpha value is -1.32. The van der Waals surface area contributed by atoms with Crippen LogP contribution in [0.2, 0.25) is 0 Å². The summed E-state index contributed by atoms with van der Waals surface area (Å²) in [7, 11) is 0. The highest BCUT2D eigenvalue weighted by Gasteiger charge is 2.26. The lowest BCUT2D eigenvalue weighted by molar-refractivity contribution is 0.442. The molecule has 1 aliphatic rings. The van der Waals surface area contributed by atoms with Crippen molar-refractivity contribution < 1.29 is 5.11 Å². The molecule has 1 heterocycles. The SMILES string of the molecule is Cc1c(O)nc(C2CC2)[nH]c1=O. The number of nitrogens with one attached hydrogen (secondary N) is 1. The summed E-state index contributed by atoms with van der Waals surface area (Å²) in [6.07, 6.45) is 2.12. The fraction of sp³-hybridized carbons (Fsp3) is 0.500. The fourth-order valence-corrected chi connectivity index (χ4v) is 1.09. The van der Waals surface area contributed by atoms with Gasteiger partial charge < -0.3 is 10.1 Å². The van der Waals surface area contributed by atoms with Crippen LogP contribution < -0.4 is 5.56 Å². The largest absolute Gasteiger partial charge is 0.493 e. The molecule has 1 aromatic rings. The highest BCUT2D eigenvalue weighted by Crippen LogP contribution is 2.37. The van der Waals surface area contributed by atoms with Gasteiger partial charge in [0.05, 0.1) is 5.56 Å². The van der Waals surface area contributed by atoms with Crippen molar-refractivity contribution in [3.8, 4) is 5.88 Å². The van der Waals surface area contributed by atoms with Gasteiger partial charge in [-0.2, -0.15) is 4.98 Å². The van der Waals surface area contributed by atoms with Crippen LogP contribution in [0.25, 0.3) is 0 Å². The number of hydrogen-bond acceptors (Lipinski definition) is 3. The van der Waals surface area contributed by atoms with Crippen LogP contribution in [0.3, 0.4) is 0 Å². The van der Waals surface area contributed by atoms with Crippen LogP contribution >= 0.6 is 0 Å². The maximum Gasteiger partial charge on any atom is 0.257 e. The second-order valence-corrected chi connectivity index (χ2v) is 3.17. The van der Waals surface area contributed by atoms with E-state index in [2.05, 4.69) is 9.97 Å². The van der Waals surface area contributed by atoms with E-state index >= 15 is 0 Å². The minimum atomic E-state index is -0.232. The lowest BCUT2D eigenvalue weighted by atomic mass is 10.3. The molecular weight excluding hydrogens is 156 g/mol. The van der Waals surface area contributed by atoms with Crippen molar-refractivity contribution in [2.75, 3.05) is 0 Å². The van der Waals surface area contributed by atoms with Crippen molar-refractivity contribution >= 4 is 0 Å². The van der Waals surface area contributed by atoms with E-state index < -0.39 is 0 Å². The lowest BCUT2D eigenvalue weighted by Gasteiger charge is -1.99. The summed E-state index contributed by atoms with van der Waals surface area (Å²) in [6.45, 7) is 1.55. The molecule has 1 aromatic heterocycles. The zero-order valence-electron chi connectivity index (χ0n) is 6.79. The van der Waals surface area contributed by atoms with Gasteiger partial charge in [0.15, 0.2) is 0 Å². The molecule has 0 aromatic carbocycles. The Kier molecular flexibility index (Phi) is 1.43. The van der Waals surface area contributed by atoms with Crippen molar-refractivity contribution in [3.63, 3.8) is 0 Å². The van der Waals surface area contributed by atoms with Gasteiger partial charge in [0.25, 0.3) is 5.56 Å². The number of hydrogen-bond donors (Lipinski definition) is 2. The highest BCUT2D eigenvalue weighted by atomic mass is 16.3. The Morgan fingerprint density at radius 1 is 1.58 bits per heavy atom. The molecule has 0 bridgehead atoms. The van der Waals surface area contributed by atoms with Crippen molar-refractivity contribution in [1.82, 2.24) is 9.97 Å². The first-order chi connectivity index (χ1) is 5.68. The third kappa shape index (κ3) is 1.09. The van der Waals surface area contributed by atoms with Crippen molar-refractivity contribution in [2.24, 2.45) is 0 Å². The summed E-state index contributed by atoms with van der Waals surface area (Å²) in [6, 6.07) is 0. The maximum absolute atomic E-state index is 11.1. The molecule has 0 radical (unpaired) electrons. The van der Waals surface area contributed by atoms with Gasteiger partial charge in [-0.1, -0.05) is 0 Å². The minimum absolute atomic E-state index is 0.138. The van der Waals surface area contributed by atoms with Crippen molar-refractivity contribution in [1.29, 1.82) is 0 Å². The van der Waals surface area contributed by atoms with E-state index in [4.69, 9.17) is 0 Å². The van der Waals surface area contributed by atoms with E-state index in [-0.39, 0.29) is 11.4 Å². The number of nitrogens with zero attached hydrogens (tertiary/aromatic N) is 1. The van der Waals surface area contributed by atoms with E-state index in [1.165, 1.54) is 0 Å². The number of aromatic nitrogens is 2. The van der Waals surface area contributed by atoms with Gasteiger partial charge >= 0.3 is 0 Å². The molecule has 0 amide bonds. The summed E-state index contributed by atoms with van der Waals surface area (Å²) in [5, 5.41) is 9.23. The number of aromatic amines is 1. The van der Waals surface area contributed by atoms with Crippen LogP contribution in [0.15, 0.2) is 4.79 Å². The Labute approximate surface area is 69.3 Å². The molecule has 0 aliphatic heterocycles. The van der Waals surface area contributed by atoms with Gasteiger partial charge in [0.2, 0.25) is 5.88 Å². The fourth-order valence-electron chi connectivity index (χ4n) is 1.09. The Bertz CT molecular complexity index is 366. The van der Waals surface area contributed by atoms with E-state index in [1.807, 2.05) is 0 Å². The minimum Gasteiger partial charge on any atom is -0.493 e. The molecule has 1 aliphatic carbocycles. The highest BCUT2D eigenvalue weighted by molar-refractivity contribution is 5.22. The summed E-state index contributed by atoms with van der Waals surface area (Å²) in [5.74, 6) is 0.855. The van der Waals surface area contributed by atoms with Crippen LogP contribution in [0.1, 0.15) is 30.1 Å². The van der Waals surface area contributed by atoms with E-state index in [0.29, 0.717) is 17.3 Å². The monoisotopic (exact) mass is 166 g/mol. The number of aromatic hydroxyl groups is 1. The Morgan fingerprint density at radius 3 is 2.75 bits per heavy atom. The van der Waals surface area contributed by atoms with Gasteiger partial charge in [-0.05, 0) is 19.8 Å². The van der Waals surface area contributed by atoms with Gasteiger partial charge in [-0.3, -0.25) is 4.79 Å². The molecule has 4 nitrogen and oxygen atoms in total. The van der Waals surface area contributed by atoms with Crippen LogP contribution in [-0.2, 0) is 0 Å². The van der Waals surface area contributed by atoms with Crippen LogP contribution in [-0.4, -0.2) is 15.1 Å². The predicted molar refractivity (Wildman–Crippen MR) is 43.2 cm³/mol. The van der Waals surface area contributed by atoms with E-state index in [9.17, 15) is 9.90 Å². The molecule has 0 saturated heterocycles. The van der Waals surface area contributed by atoms with E-state index in [0.717, 1.165) is 12.8 Å². The van der Waals surface area contributed by atoms with Crippen molar-refractivity contribution in [3.05, 3.63) is 21.7 Å². The zero-order chi connectivity index (χ0) is 8.72. The molecule has 2 N–H and O–H groups in total. The summed E-state index contributed by atoms with van der Waals surface area (Å²) in [5.41, 5.74) is 0.0591. The molecule has 64 valence electrons. The molecule has 0 atom stereocenters. The summed E-state index contributed by atoms with van der Waals surface area (Å²) in [4.78, 5) is 17.7. The number of rotatable bonds is 1. The standard InChI is InChI=1S/C8H10N2O2/c1-4-7(11)9-6(5-2-3-5)10-8(4)12/h5H,2-3H2,1H3,(H2,9,10,11,12). The third-order valence-corrected chi connectivity index (χ3v) is 2.11. The normalized spacial score (nSPS) is 16.4. The summed E-state index contributed by atoms with van der Waals surface area (Å²) >= 11 is 0. The first-order valence-corrected chi connectivity index (χ1v) is 3.98.